The van der Waals surface area contributed by atoms with Gasteiger partial charge in [0.25, 0.3) is 5.91 Å². The predicted octanol–water partition coefficient (Wildman–Crippen LogP) is 4.02. The number of benzene rings is 3. The third kappa shape index (κ3) is 10.4. The van der Waals surface area contributed by atoms with Crippen molar-refractivity contribution >= 4 is 21.7 Å². The van der Waals surface area contributed by atoms with Crippen LogP contribution in [0.25, 0.3) is 0 Å². The quantitative estimate of drug-likeness (QED) is 0.177. The first-order valence-corrected chi connectivity index (χ1v) is 18.1. The smallest absolute Gasteiger partial charge is 0.252 e. The van der Waals surface area contributed by atoms with E-state index in [2.05, 4.69) is 16.1 Å². The molecule has 260 valence electrons. The van der Waals surface area contributed by atoms with E-state index in [9.17, 15) is 23.1 Å². The maximum absolute atomic E-state index is 13.9. The highest BCUT2D eigenvalue weighted by Crippen LogP contribution is 2.30. The summed E-state index contributed by atoms with van der Waals surface area (Å²) in [6.07, 6.45) is -0.260. The van der Waals surface area contributed by atoms with Crippen molar-refractivity contribution in [2.45, 2.75) is 82.8 Å². The zero-order valence-corrected chi connectivity index (χ0v) is 29.4. The summed E-state index contributed by atoms with van der Waals surface area (Å²) in [5.74, 6) is -0.435. The number of rotatable bonds is 15. The van der Waals surface area contributed by atoms with Crippen LogP contribution in [0.15, 0.2) is 83.8 Å². The highest BCUT2D eigenvalue weighted by molar-refractivity contribution is 7.92. The number of hydrogen-bond acceptors (Lipinski definition) is 8. The van der Waals surface area contributed by atoms with Gasteiger partial charge in [-0.1, -0.05) is 95.3 Å². The third-order valence-electron chi connectivity index (χ3n) is 8.17. The summed E-state index contributed by atoms with van der Waals surface area (Å²) in [5, 5.41) is 18.2. The van der Waals surface area contributed by atoms with Gasteiger partial charge in [0.1, 0.15) is 11.1 Å². The lowest BCUT2D eigenvalue weighted by Gasteiger charge is -2.37. The number of hydrazine groups is 1. The van der Waals surface area contributed by atoms with Gasteiger partial charge in [-0.25, -0.2) is 13.4 Å². The molecule has 3 aromatic rings. The molecular formula is C37H50N4O6S. The first-order valence-electron chi connectivity index (χ1n) is 16.6. The molecule has 2 amide bonds. The van der Waals surface area contributed by atoms with E-state index in [-0.39, 0.29) is 42.7 Å². The van der Waals surface area contributed by atoms with Crippen molar-refractivity contribution in [3.8, 4) is 5.75 Å². The molecule has 0 saturated carbocycles. The molecule has 0 bridgehead atoms. The van der Waals surface area contributed by atoms with Crippen molar-refractivity contribution in [3.63, 3.8) is 0 Å². The second kappa shape index (κ2) is 16.6. The van der Waals surface area contributed by atoms with Crippen molar-refractivity contribution in [2.75, 3.05) is 19.7 Å². The van der Waals surface area contributed by atoms with Crippen LogP contribution < -0.4 is 20.8 Å². The lowest BCUT2D eigenvalue weighted by molar-refractivity contribution is -0.149. The van der Waals surface area contributed by atoms with Gasteiger partial charge in [-0.3, -0.25) is 20.3 Å². The molecule has 4 rings (SSSR count). The molecule has 3 atom stereocenters. The average molecular weight is 679 g/mol. The van der Waals surface area contributed by atoms with E-state index in [4.69, 9.17) is 4.74 Å². The molecule has 4 N–H and O–H groups in total. The Morgan fingerprint density at radius 2 is 1.60 bits per heavy atom. The van der Waals surface area contributed by atoms with Crippen LogP contribution in [-0.2, 0) is 38.8 Å². The lowest BCUT2D eigenvalue weighted by Crippen LogP contribution is -2.60. The maximum Gasteiger partial charge on any atom is 0.252 e. The second-order valence-corrected chi connectivity index (χ2v) is 16.0. The Morgan fingerprint density at radius 3 is 2.23 bits per heavy atom. The monoisotopic (exact) mass is 678 g/mol. The standard InChI is InChI=1S/C37H50N4O6S/c1-26(2)36(48(45,46)30-16-17-33-29(21-30)18-19-47-33)39-24-32(42)31(20-27-12-8-6-9-13-27)41(35(44)22-37(3,4)5)40-34(43)25-38-23-28-14-10-7-11-15-28/h6-17,21,26,31-32,36,38-39,42H,18-20,22-25H2,1-5H3,(H,40,43)/t31?,32-,36?/m1/s1. The lowest BCUT2D eigenvalue weighted by atomic mass is 9.91. The minimum Gasteiger partial charge on any atom is -0.493 e. The second-order valence-electron chi connectivity index (χ2n) is 13.9. The molecule has 0 saturated heterocycles. The van der Waals surface area contributed by atoms with E-state index in [0.717, 1.165) is 16.7 Å². The minimum atomic E-state index is -3.85. The number of nitrogens with zero attached hydrogens (tertiary/aromatic N) is 1. The van der Waals surface area contributed by atoms with Crippen LogP contribution in [0.4, 0.5) is 0 Å². The fraction of sp³-hybridized carbons (Fsp3) is 0.459. The summed E-state index contributed by atoms with van der Waals surface area (Å²) < 4.78 is 33.3. The van der Waals surface area contributed by atoms with E-state index in [0.29, 0.717) is 25.3 Å². The Bertz CT molecular complexity index is 1610. The van der Waals surface area contributed by atoms with E-state index < -0.39 is 38.7 Å². The van der Waals surface area contributed by atoms with Gasteiger partial charge in [0.15, 0.2) is 9.84 Å². The zero-order valence-electron chi connectivity index (χ0n) is 28.6. The number of fused-ring (bicyclic) bond motifs is 1. The van der Waals surface area contributed by atoms with Crippen molar-refractivity contribution in [1.29, 1.82) is 0 Å². The highest BCUT2D eigenvalue weighted by Gasteiger charge is 2.36. The van der Waals surface area contributed by atoms with Gasteiger partial charge >= 0.3 is 0 Å². The number of carbonyl (C=O) groups excluding carboxylic acids is 2. The van der Waals surface area contributed by atoms with Gasteiger partial charge in [0.2, 0.25) is 5.91 Å². The number of hydrogen-bond donors (Lipinski definition) is 4. The Morgan fingerprint density at radius 1 is 0.958 bits per heavy atom. The molecule has 0 aromatic heterocycles. The van der Waals surface area contributed by atoms with Gasteiger partial charge in [-0.2, -0.15) is 0 Å². The SMILES string of the molecule is CC(C)C(NC[C@@H](O)C(Cc1ccccc1)N(NC(=O)CNCc1ccccc1)C(=O)CC(C)(C)C)S(=O)(=O)c1ccc2c(c1)CCO2. The largest absolute Gasteiger partial charge is 0.493 e. The van der Waals surface area contributed by atoms with Crippen LogP contribution >= 0.6 is 0 Å². The Balaban J connectivity index is 1.57. The summed E-state index contributed by atoms with van der Waals surface area (Å²) in [5.41, 5.74) is 5.09. The summed E-state index contributed by atoms with van der Waals surface area (Å²) in [4.78, 5) is 27.3. The van der Waals surface area contributed by atoms with Crippen LogP contribution in [0.3, 0.4) is 0 Å². The topological polar surface area (TPSA) is 137 Å². The number of aliphatic hydroxyl groups is 1. The number of sulfone groups is 1. The molecule has 1 heterocycles. The number of carbonyl (C=O) groups is 2. The summed E-state index contributed by atoms with van der Waals surface area (Å²) in [6.45, 7) is 10.2. The Kier molecular flexibility index (Phi) is 12.8. The fourth-order valence-corrected chi connectivity index (χ4v) is 7.67. The fourth-order valence-electron chi connectivity index (χ4n) is 5.78. The van der Waals surface area contributed by atoms with Crippen molar-refractivity contribution in [3.05, 3.63) is 95.6 Å². The molecule has 1 aliphatic rings. The minimum absolute atomic E-state index is 0.0555. The highest BCUT2D eigenvalue weighted by atomic mass is 32.2. The molecule has 0 aliphatic carbocycles. The summed E-state index contributed by atoms with van der Waals surface area (Å²) in [7, 11) is -3.85. The molecule has 10 nitrogen and oxygen atoms in total. The van der Waals surface area contributed by atoms with Crippen LogP contribution in [0.1, 0.15) is 57.7 Å². The molecule has 11 heteroatoms. The average Bonchev–Trinajstić information content (AvgIpc) is 3.51. The van der Waals surface area contributed by atoms with Gasteiger partial charge in [-0.15, -0.1) is 0 Å². The van der Waals surface area contributed by atoms with Crippen molar-refractivity contribution < 1.29 is 27.9 Å². The number of aliphatic hydroxyl groups excluding tert-OH is 1. The molecular weight excluding hydrogens is 628 g/mol. The van der Waals surface area contributed by atoms with Crippen LogP contribution in [0.5, 0.6) is 5.75 Å². The molecule has 3 aromatic carbocycles. The number of amides is 2. The molecule has 0 fully saturated rings. The van der Waals surface area contributed by atoms with Crippen LogP contribution in [0, 0.1) is 11.3 Å². The first kappa shape index (κ1) is 37.1. The Labute approximate surface area is 285 Å². The number of nitrogens with one attached hydrogen (secondary N) is 3. The summed E-state index contributed by atoms with van der Waals surface area (Å²) >= 11 is 0. The van der Waals surface area contributed by atoms with Crippen LogP contribution in [0.2, 0.25) is 0 Å². The van der Waals surface area contributed by atoms with Crippen molar-refractivity contribution in [1.82, 2.24) is 21.1 Å². The normalized spacial score (nSPS) is 14.9. The van der Waals surface area contributed by atoms with Crippen LogP contribution in [-0.4, -0.2) is 67.6 Å². The van der Waals surface area contributed by atoms with E-state index in [1.807, 2.05) is 81.4 Å². The van der Waals surface area contributed by atoms with Crippen molar-refractivity contribution in [2.24, 2.45) is 11.3 Å². The van der Waals surface area contributed by atoms with E-state index in [1.54, 1.807) is 32.0 Å². The molecule has 0 radical (unpaired) electrons. The summed E-state index contributed by atoms with van der Waals surface area (Å²) in [6, 6.07) is 23.1. The first-order chi connectivity index (χ1) is 22.7. The van der Waals surface area contributed by atoms with Gasteiger partial charge in [0, 0.05) is 25.9 Å². The Hall–Kier alpha value is -3.77. The predicted molar refractivity (Wildman–Crippen MR) is 187 cm³/mol. The third-order valence-corrected chi connectivity index (χ3v) is 10.5. The molecule has 2 unspecified atom stereocenters. The molecule has 0 spiro atoms. The van der Waals surface area contributed by atoms with E-state index >= 15 is 0 Å². The van der Waals surface area contributed by atoms with Gasteiger partial charge in [-0.05, 0) is 52.6 Å². The van der Waals surface area contributed by atoms with E-state index in [1.165, 1.54) is 5.01 Å². The zero-order chi connectivity index (χ0) is 34.9. The maximum atomic E-state index is 13.9. The molecule has 1 aliphatic heterocycles. The molecule has 48 heavy (non-hydrogen) atoms. The van der Waals surface area contributed by atoms with Gasteiger partial charge < -0.3 is 15.2 Å². The number of ether oxygens (including phenoxy) is 1. The van der Waals surface area contributed by atoms with Gasteiger partial charge in [0.05, 0.1) is 30.2 Å².